The summed E-state index contributed by atoms with van der Waals surface area (Å²) in [5.74, 6) is 0.634. The van der Waals surface area contributed by atoms with E-state index in [-0.39, 0.29) is 11.9 Å². The molecule has 2 N–H and O–H groups in total. The van der Waals surface area contributed by atoms with E-state index in [1.54, 1.807) is 18.5 Å². The summed E-state index contributed by atoms with van der Waals surface area (Å²) in [5, 5.41) is 6.03. The summed E-state index contributed by atoms with van der Waals surface area (Å²) in [4.78, 5) is 24.5. The quantitative estimate of drug-likeness (QED) is 0.857. The molecule has 0 radical (unpaired) electrons. The average Bonchev–Trinajstić information content (AvgIpc) is 3.22. The molecule has 0 aliphatic heterocycles. The largest absolute Gasteiger partial charge is 0.359 e. The van der Waals surface area contributed by atoms with Crippen molar-refractivity contribution >= 4 is 22.9 Å². The third-order valence-electron chi connectivity index (χ3n) is 3.01. The normalized spacial score (nSPS) is 16.1. The van der Waals surface area contributed by atoms with Gasteiger partial charge in [-0.05, 0) is 31.9 Å². The standard InChI is InChI=1S/C13H15N5O/c1-8(13(19)17-9-2-3-9)16-11-5-4-10-12(18-11)15-7-6-14-10/h4-9H,2-3H2,1H3,(H,17,19)(H,15,16,18). The number of fused-ring (bicyclic) bond motifs is 1. The number of carbonyl (C=O) groups is 1. The van der Waals surface area contributed by atoms with Crippen LogP contribution in [0.2, 0.25) is 0 Å². The molecule has 6 nitrogen and oxygen atoms in total. The predicted octanol–water partition coefficient (Wildman–Crippen LogP) is 1.10. The summed E-state index contributed by atoms with van der Waals surface area (Å²) >= 11 is 0. The van der Waals surface area contributed by atoms with Gasteiger partial charge in [0.15, 0.2) is 5.65 Å². The van der Waals surface area contributed by atoms with Crippen LogP contribution in [-0.4, -0.2) is 32.9 Å². The van der Waals surface area contributed by atoms with Gasteiger partial charge in [0, 0.05) is 18.4 Å². The minimum absolute atomic E-state index is 0.00328. The molecule has 0 aromatic carbocycles. The first kappa shape index (κ1) is 11.8. The van der Waals surface area contributed by atoms with E-state index in [4.69, 9.17) is 0 Å². The van der Waals surface area contributed by atoms with Crippen LogP contribution in [0.25, 0.3) is 11.2 Å². The number of amides is 1. The summed E-state index contributed by atoms with van der Waals surface area (Å²) in [5.41, 5.74) is 1.31. The molecule has 98 valence electrons. The second-order valence-corrected chi connectivity index (χ2v) is 4.74. The second-order valence-electron chi connectivity index (χ2n) is 4.74. The molecular weight excluding hydrogens is 242 g/mol. The van der Waals surface area contributed by atoms with E-state index in [0.717, 1.165) is 18.4 Å². The lowest BCUT2D eigenvalue weighted by molar-refractivity contribution is -0.121. The Bertz CT molecular complexity index is 611. The minimum atomic E-state index is -0.317. The van der Waals surface area contributed by atoms with Crippen LogP contribution in [0.1, 0.15) is 19.8 Å². The van der Waals surface area contributed by atoms with E-state index >= 15 is 0 Å². The van der Waals surface area contributed by atoms with Gasteiger partial charge in [0.2, 0.25) is 5.91 Å². The Labute approximate surface area is 110 Å². The molecule has 2 aromatic rings. The zero-order valence-electron chi connectivity index (χ0n) is 10.6. The van der Waals surface area contributed by atoms with Crippen molar-refractivity contribution in [2.45, 2.75) is 31.8 Å². The van der Waals surface area contributed by atoms with Crippen LogP contribution in [0.4, 0.5) is 5.82 Å². The first-order valence-electron chi connectivity index (χ1n) is 6.37. The number of carbonyl (C=O) groups excluding carboxylic acids is 1. The first-order chi connectivity index (χ1) is 9.22. The Hall–Kier alpha value is -2.24. The number of hydrogen-bond acceptors (Lipinski definition) is 5. The molecule has 1 unspecified atom stereocenters. The summed E-state index contributed by atoms with van der Waals surface area (Å²) in [6, 6.07) is 3.69. The molecule has 1 atom stereocenters. The van der Waals surface area contributed by atoms with E-state index in [2.05, 4.69) is 25.6 Å². The van der Waals surface area contributed by atoms with E-state index < -0.39 is 0 Å². The maximum absolute atomic E-state index is 11.8. The van der Waals surface area contributed by atoms with Crippen LogP contribution in [0.5, 0.6) is 0 Å². The fraction of sp³-hybridized carbons (Fsp3) is 0.385. The summed E-state index contributed by atoms with van der Waals surface area (Å²) in [6.45, 7) is 1.82. The molecule has 6 heteroatoms. The van der Waals surface area contributed by atoms with Crippen molar-refractivity contribution in [3.8, 4) is 0 Å². The van der Waals surface area contributed by atoms with Gasteiger partial charge < -0.3 is 10.6 Å². The molecule has 2 aromatic heterocycles. The molecule has 1 aliphatic rings. The van der Waals surface area contributed by atoms with Crippen LogP contribution in [0.3, 0.4) is 0 Å². The number of rotatable bonds is 4. The van der Waals surface area contributed by atoms with Crippen molar-refractivity contribution in [1.29, 1.82) is 0 Å². The molecule has 1 fully saturated rings. The molecule has 2 heterocycles. The first-order valence-corrected chi connectivity index (χ1v) is 6.37. The van der Waals surface area contributed by atoms with Crippen molar-refractivity contribution < 1.29 is 4.79 Å². The summed E-state index contributed by atoms with van der Waals surface area (Å²) in [6.07, 6.45) is 5.40. The van der Waals surface area contributed by atoms with Crippen LogP contribution in [-0.2, 0) is 4.79 Å². The maximum Gasteiger partial charge on any atom is 0.242 e. The number of nitrogens with one attached hydrogen (secondary N) is 2. The maximum atomic E-state index is 11.8. The Morgan fingerprint density at radius 3 is 2.89 bits per heavy atom. The van der Waals surface area contributed by atoms with Crippen molar-refractivity contribution in [2.75, 3.05) is 5.32 Å². The van der Waals surface area contributed by atoms with Crippen molar-refractivity contribution in [3.63, 3.8) is 0 Å². The molecular formula is C13H15N5O. The number of anilines is 1. The fourth-order valence-corrected chi connectivity index (χ4v) is 1.78. The number of hydrogen-bond donors (Lipinski definition) is 2. The zero-order valence-corrected chi connectivity index (χ0v) is 10.6. The Balaban J connectivity index is 1.71. The smallest absolute Gasteiger partial charge is 0.242 e. The van der Waals surface area contributed by atoms with Crippen LogP contribution in [0, 0.1) is 0 Å². The van der Waals surface area contributed by atoms with Crippen molar-refractivity contribution in [1.82, 2.24) is 20.3 Å². The fourth-order valence-electron chi connectivity index (χ4n) is 1.78. The van der Waals surface area contributed by atoms with Crippen LogP contribution >= 0.6 is 0 Å². The lowest BCUT2D eigenvalue weighted by Crippen LogP contribution is -2.38. The number of aromatic nitrogens is 3. The molecule has 1 aliphatic carbocycles. The van der Waals surface area contributed by atoms with Gasteiger partial charge in [-0.15, -0.1) is 0 Å². The number of nitrogens with zero attached hydrogens (tertiary/aromatic N) is 3. The minimum Gasteiger partial charge on any atom is -0.359 e. The van der Waals surface area contributed by atoms with Gasteiger partial charge in [-0.2, -0.15) is 0 Å². The third kappa shape index (κ3) is 2.78. The molecule has 3 rings (SSSR count). The summed E-state index contributed by atoms with van der Waals surface area (Å²) in [7, 11) is 0. The Morgan fingerprint density at radius 2 is 2.11 bits per heavy atom. The molecule has 0 saturated heterocycles. The Morgan fingerprint density at radius 1 is 1.32 bits per heavy atom. The van der Waals surface area contributed by atoms with E-state index in [9.17, 15) is 4.79 Å². The highest BCUT2D eigenvalue weighted by Gasteiger charge is 2.25. The van der Waals surface area contributed by atoms with Gasteiger partial charge in [0.25, 0.3) is 0 Å². The van der Waals surface area contributed by atoms with Crippen molar-refractivity contribution in [2.24, 2.45) is 0 Å². The molecule has 0 bridgehead atoms. The third-order valence-corrected chi connectivity index (χ3v) is 3.01. The van der Waals surface area contributed by atoms with Crippen LogP contribution in [0.15, 0.2) is 24.5 Å². The highest BCUT2D eigenvalue weighted by Crippen LogP contribution is 2.19. The second kappa shape index (κ2) is 4.79. The van der Waals surface area contributed by atoms with Gasteiger partial charge in [0.1, 0.15) is 17.4 Å². The van der Waals surface area contributed by atoms with Gasteiger partial charge in [-0.25, -0.2) is 9.97 Å². The molecule has 19 heavy (non-hydrogen) atoms. The molecule has 1 saturated carbocycles. The monoisotopic (exact) mass is 257 g/mol. The van der Waals surface area contributed by atoms with E-state index in [1.165, 1.54) is 0 Å². The highest BCUT2D eigenvalue weighted by molar-refractivity contribution is 5.84. The van der Waals surface area contributed by atoms with Gasteiger partial charge in [-0.3, -0.25) is 9.78 Å². The van der Waals surface area contributed by atoms with Gasteiger partial charge in [-0.1, -0.05) is 0 Å². The average molecular weight is 257 g/mol. The van der Waals surface area contributed by atoms with Crippen molar-refractivity contribution in [3.05, 3.63) is 24.5 Å². The van der Waals surface area contributed by atoms with E-state index in [0.29, 0.717) is 17.5 Å². The van der Waals surface area contributed by atoms with Crippen LogP contribution < -0.4 is 10.6 Å². The van der Waals surface area contributed by atoms with E-state index in [1.807, 2.05) is 13.0 Å². The topological polar surface area (TPSA) is 79.8 Å². The lowest BCUT2D eigenvalue weighted by Gasteiger charge is -2.14. The summed E-state index contributed by atoms with van der Waals surface area (Å²) < 4.78 is 0. The van der Waals surface area contributed by atoms with Gasteiger partial charge >= 0.3 is 0 Å². The SMILES string of the molecule is CC(Nc1ccc2nccnc2n1)C(=O)NC1CC1. The van der Waals surface area contributed by atoms with Gasteiger partial charge in [0.05, 0.1) is 0 Å². The molecule has 0 spiro atoms. The predicted molar refractivity (Wildman–Crippen MR) is 71.6 cm³/mol. The highest BCUT2D eigenvalue weighted by atomic mass is 16.2. The lowest BCUT2D eigenvalue weighted by atomic mass is 10.3. The zero-order chi connectivity index (χ0) is 13.2. The molecule has 1 amide bonds. The number of pyridine rings is 1. The Kier molecular flexibility index (Phi) is 2.98.